The molecule has 0 N–H and O–H groups in total. The van der Waals surface area contributed by atoms with Crippen LogP contribution in [0.15, 0.2) is 40.8 Å². The summed E-state index contributed by atoms with van der Waals surface area (Å²) in [6.07, 6.45) is 0. The van der Waals surface area contributed by atoms with E-state index in [1.165, 1.54) is 0 Å². The first-order valence-corrected chi connectivity index (χ1v) is 5.06. The lowest BCUT2D eigenvalue weighted by molar-refractivity contribution is 0.615. The number of nitrogens with zero attached hydrogens (tertiary/aromatic N) is 3. The van der Waals surface area contributed by atoms with Gasteiger partial charge in [-0.25, -0.2) is 4.98 Å². The van der Waals surface area contributed by atoms with Crippen molar-refractivity contribution in [1.82, 2.24) is 15.2 Å². The van der Waals surface area contributed by atoms with Gasteiger partial charge < -0.3 is 4.42 Å². The maximum absolute atomic E-state index is 5.65. The number of rotatable bonds is 1. The summed E-state index contributed by atoms with van der Waals surface area (Å²) in [5.74, 6) is 0.449. The highest BCUT2D eigenvalue weighted by molar-refractivity contribution is 6.29. The van der Waals surface area contributed by atoms with Gasteiger partial charge >= 0.3 is 0 Å². The molecule has 0 atom stereocenters. The number of para-hydroxylation sites is 2. The molecular formula is C11H6ClN3O. The van der Waals surface area contributed by atoms with E-state index in [9.17, 15) is 0 Å². The average Bonchev–Trinajstić information content (AvgIpc) is 2.73. The van der Waals surface area contributed by atoms with Gasteiger partial charge in [0.1, 0.15) is 11.2 Å². The Hall–Kier alpha value is -1.94. The number of benzene rings is 1. The van der Waals surface area contributed by atoms with Crippen molar-refractivity contribution in [2.75, 3.05) is 0 Å². The average molecular weight is 232 g/mol. The molecule has 0 radical (unpaired) electrons. The van der Waals surface area contributed by atoms with Gasteiger partial charge in [-0.3, -0.25) is 0 Å². The molecular weight excluding hydrogens is 226 g/mol. The summed E-state index contributed by atoms with van der Waals surface area (Å²) in [6, 6.07) is 10.9. The molecule has 0 unspecified atom stereocenters. The Kier molecular flexibility index (Phi) is 2.08. The third kappa shape index (κ3) is 1.53. The van der Waals surface area contributed by atoms with Gasteiger partial charge in [0.15, 0.2) is 10.7 Å². The Morgan fingerprint density at radius 3 is 2.62 bits per heavy atom. The Bertz CT molecular complexity index is 600. The second kappa shape index (κ2) is 3.57. The standard InChI is InChI=1S/C11H6ClN3O/c12-10-6-5-8(14-15-10)11-13-7-3-1-2-4-9(7)16-11/h1-6H. The third-order valence-corrected chi connectivity index (χ3v) is 2.35. The summed E-state index contributed by atoms with van der Waals surface area (Å²) in [5.41, 5.74) is 2.10. The molecule has 0 bridgehead atoms. The monoisotopic (exact) mass is 231 g/mol. The number of oxazole rings is 1. The van der Waals surface area contributed by atoms with E-state index in [0.29, 0.717) is 16.7 Å². The predicted molar refractivity (Wildman–Crippen MR) is 60.0 cm³/mol. The minimum atomic E-state index is 0.347. The minimum absolute atomic E-state index is 0.347. The third-order valence-electron chi connectivity index (χ3n) is 2.15. The van der Waals surface area contributed by atoms with Crippen molar-refractivity contribution in [1.29, 1.82) is 0 Å². The van der Waals surface area contributed by atoms with Crippen LogP contribution in [0.3, 0.4) is 0 Å². The fraction of sp³-hybridized carbons (Fsp3) is 0. The van der Waals surface area contributed by atoms with Crippen LogP contribution in [0.5, 0.6) is 0 Å². The largest absolute Gasteiger partial charge is 0.435 e. The molecule has 4 nitrogen and oxygen atoms in total. The van der Waals surface area contributed by atoms with E-state index in [1.54, 1.807) is 12.1 Å². The van der Waals surface area contributed by atoms with Crippen LogP contribution in [0.2, 0.25) is 5.15 Å². The van der Waals surface area contributed by atoms with Gasteiger partial charge in [0.05, 0.1) is 0 Å². The molecule has 0 aliphatic heterocycles. The topological polar surface area (TPSA) is 51.8 Å². The fourth-order valence-electron chi connectivity index (χ4n) is 1.41. The Balaban J connectivity index is 2.15. The maximum Gasteiger partial charge on any atom is 0.248 e. The van der Waals surface area contributed by atoms with Crippen LogP contribution in [0.4, 0.5) is 0 Å². The lowest BCUT2D eigenvalue weighted by Gasteiger charge is -1.91. The van der Waals surface area contributed by atoms with Gasteiger partial charge in [0, 0.05) is 0 Å². The number of hydrogen-bond acceptors (Lipinski definition) is 4. The first kappa shape index (κ1) is 9.30. The van der Waals surface area contributed by atoms with Crippen molar-refractivity contribution in [2.45, 2.75) is 0 Å². The van der Waals surface area contributed by atoms with Crippen LogP contribution in [-0.4, -0.2) is 15.2 Å². The zero-order valence-corrected chi connectivity index (χ0v) is 8.85. The van der Waals surface area contributed by atoms with Gasteiger partial charge in [0.2, 0.25) is 5.89 Å². The van der Waals surface area contributed by atoms with Crippen LogP contribution in [0, 0.1) is 0 Å². The highest BCUT2D eigenvalue weighted by Gasteiger charge is 2.08. The zero-order valence-electron chi connectivity index (χ0n) is 8.09. The molecule has 16 heavy (non-hydrogen) atoms. The van der Waals surface area contributed by atoms with Crippen LogP contribution in [-0.2, 0) is 0 Å². The summed E-state index contributed by atoms with van der Waals surface area (Å²) in [4.78, 5) is 4.30. The van der Waals surface area contributed by atoms with Crippen molar-refractivity contribution < 1.29 is 4.42 Å². The van der Waals surface area contributed by atoms with Crippen LogP contribution in [0.1, 0.15) is 0 Å². The lowest BCUT2D eigenvalue weighted by Crippen LogP contribution is -1.86. The molecule has 3 rings (SSSR count). The van der Waals surface area contributed by atoms with E-state index in [1.807, 2.05) is 24.3 Å². The van der Waals surface area contributed by atoms with Crippen LogP contribution in [0.25, 0.3) is 22.7 Å². The summed E-state index contributed by atoms with van der Waals surface area (Å²) >= 11 is 5.65. The first-order valence-electron chi connectivity index (χ1n) is 4.68. The molecule has 78 valence electrons. The van der Waals surface area contributed by atoms with E-state index in [0.717, 1.165) is 11.1 Å². The number of hydrogen-bond donors (Lipinski definition) is 0. The second-order valence-electron chi connectivity index (χ2n) is 3.23. The zero-order chi connectivity index (χ0) is 11.0. The summed E-state index contributed by atoms with van der Waals surface area (Å²) in [5, 5.41) is 7.99. The van der Waals surface area contributed by atoms with E-state index in [-0.39, 0.29) is 0 Å². The molecule has 2 aromatic heterocycles. The molecule has 1 aromatic carbocycles. The lowest BCUT2D eigenvalue weighted by atomic mass is 10.3. The Morgan fingerprint density at radius 2 is 1.88 bits per heavy atom. The summed E-state index contributed by atoms with van der Waals surface area (Å²) in [7, 11) is 0. The van der Waals surface area contributed by atoms with Crippen molar-refractivity contribution in [2.24, 2.45) is 0 Å². The smallest absolute Gasteiger partial charge is 0.248 e. The number of aromatic nitrogens is 3. The van der Waals surface area contributed by atoms with Crippen molar-refractivity contribution in [3.63, 3.8) is 0 Å². The highest BCUT2D eigenvalue weighted by atomic mass is 35.5. The normalized spacial score (nSPS) is 10.8. The van der Waals surface area contributed by atoms with Crippen LogP contribution < -0.4 is 0 Å². The quantitative estimate of drug-likeness (QED) is 0.646. The van der Waals surface area contributed by atoms with E-state index >= 15 is 0 Å². The van der Waals surface area contributed by atoms with Crippen molar-refractivity contribution in [3.8, 4) is 11.6 Å². The van der Waals surface area contributed by atoms with Crippen molar-refractivity contribution in [3.05, 3.63) is 41.6 Å². The highest BCUT2D eigenvalue weighted by Crippen LogP contribution is 2.22. The molecule has 2 heterocycles. The van der Waals surface area contributed by atoms with Gasteiger partial charge in [-0.15, -0.1) is 10.2 Å². The summed E-state index contributed by atoms with van der Waals surface area (Å²) < 4.78 is 5.54. The molecule has 0 spiro atoms. The first-order chi connectivity index (χ1) is 7.83. The molecule has 0 saturated carbocycles. The van der Waals surface area contributed by atoms with Crippen molar-refractivity contribution >= 4 is 22.7 Å². The minimum Gasteiger partial charge on any atom is -0.435 e. The molecule has 0 saturated heterocycles. The maximum atomic E-state index is 5.65. The molecule has 0 aliphatic rings. The Morgan fingerprint density at radius 1 is 1.00 bits per heavy atom. The molecule has 5 heteroatoms. The Labute approximate surface area is 95.9 Å². The van der Waals surface area contributed by atoms with Gasteiger partial charge in [0.25, 0.3) is 0 Å². The molecule has 0 fully saturated rings. The van der Waals surface area contributed by atoms with Gasteiger partial charge in [-0.05, 0) is 24.3 Å². The van der Waals surface area contributed by atoms with E-state index < -0.39 is 0 Å². The van der Waals surface area contributed by atoms with Crippen LogP contribution >= 0.6 is 11.6 Å². The number of fused-ring (bicyclic) bond motifs is 1. The molecule has 3 aromatic rings. The number of halogens is 1. The van der Waals surface area contributed by atoms with Gasteiger partial charge in [-0.2, -0.15) is 0 Å². The second-order valence-corrected chi connectivity index (χ2v) is 3.62. The molecule has 0 aliphatic carbocycles. The summed E-state index contributed by atoms with van der Waals surface area (Å²) in [6.45, 7) is 0. The van der Waals surface area contributed by atoms with E-state index in [2.05, 4.69) is 15.2 Å². The SMILES string of the molecule is Clc1ccc(-c2nc3ccccc3o2)nn1. The predicted octanol–water partition coefficient (Wildman–Crippen LogP) is 2.94. The van der Waals surface area contributed by atoms with Gasteiger partial charge in [-0.1, -0.05) is 23.7 Å². The fourth-order valence-corrected chi connectivity index (χ4v) is 1.51. The molecule has 0 amide bonds. The van der Waals surface area contributed by atoms with E-state index in [4.69, 9.17) is 16.0 Å².